The minimum Gasteiger partial charge on any atom is -0.496 e. The molecule has 0 aliphatic carbocycles. The first-order valence-corrected chi connectivity index (χ1v) is 5.76. The van der Waals surface area contributed by atoms with E-state index in [2.05, 4.69) is 5.32 Å². The quantitative estimate of drug-likeness (QED) is 0.579. The lowest BCUT2D eigenvalue weighted by molar-refractivity contribution is -0.142. The Labute approximate surface area is 102 Å². The molecule has 0 aliphatic heterocycles. The van der Waals surface area contributed by atoms with Crippen LogP contribution in [-0.2, 0) is 16.1 Å². The zero-order chi connectivity index (χ0) is 12.5. The molecule has 0 saturated carbocycles. The second kappa shape index (κ2) is 7.68. The van der Waals surface area contributed by atoms with Crippen LogP contribution >= 0.6 is 0 Å². The smallest absolute Gasteiger partial charge is 0.307 e. The molecular formula is C13H19NO3. The van der Waals surface area contributed by atoms with Crippen molar-refractivity contribution in [3.8, 4) is 5.75 Å². The van der Waals surface area contributed by atoms with Gasteiger partial charge in [0.25, 0.3) is 0 Å². The Morgan fingerprint density at radius 3 is 2.82 bits per heavy atom. The van der Waals surface area contributed by atoms with Crippen LogP contribution in [0.15, 0.2) is 24.3 Å². The number of carbonyl (C=O) groups excluding carboxylic acids is 1. The van der Waals surface area contributed by atoms with Gasteiger partial charge in [-0.15, -0.1) is 0 Å². The molecule has 0 unspecified atom stereocenters. The molecule has 4 heteroatoms. The third-order valence-corrected chi connectivity index (χ3v) is 2.32. The molecule has 0 aromatic heterocycles. The Hall–Kier alpha value is -1.55. The number of carbonyl (C=O) groups is 1. The summed E-state index contributed by atoms with van der Waals surface area (Å²) >= 11 is 0. The van der Waals surface area contributed by atoms with Crippen LogP contribution in [0.5, 0.6) is 5.75 Å². The predicted octanol–water partition coefficient (Wildman–Crippen LogP) is 1.74. The Morgan fingerprint density at radius 2 is 2.12 bits per heavy atom. The molecule has 1 N–H and O–H groups in total. The summed E-state index contributed by atoms with van der Waals surface area (Å²) in [5.74, 6) is 0.691. The van der Waals surface area contributed by atoms with E-state index in [1.165, 1.54) is 0 Å². The maximum Gasteiger partial charge on any atom is 0.307 e. The molecule has 94 valence electrons. The predicted molar refractivity (Wildman–Crippen MR) is 66.0 cm³/mol. The minimum absolute atomic E-state index is 0.167. The van der Waals surface area contributed by atoms with Crippen molar-refractivity contribution in [2.75, 3.05) is 20.3 Å². The summed E-state index contributed by atoms with van der Waals surface area (Å²) in [6, 6.07) is 7.81. The Balaban J connectivity index is 2.28. The van der Waals surface area contributed by atoms with Crippen molar-refractivity contribution >= 4 is 5.97 Å². The molecule has 0 aliphatic rings. The molecule has 0 bridgehead atoms. The second-order valence-corrected chi connectivity index (χ2v) is 3.54. The maximum absolute atomic E-state index is 11.1. The first-order chi connectivity index (χ1) is 8.27. The van der Waals surface area contributed by atoms with Gasteiger partial charge >= 0.3 is 5.97 Å². The zero-order valence-electron chi connectivity index (χ0n) is 10.4. The lowest BCUT2D eigenvalue weighted by Crippen LogP contribution is -2.19. The van der Waals surface area contributed by atoms with Gasteiger partial charge in [-0.25, -0.2) is 0 Å². The monoisotopic (exact) mass is 237 g/mol. The third kappa shape index (κ3) is 4.87. The van der Waals surface area contributed by atoms with Crippen LogP contribution in [0.2, 0.25) is 0 Å². The van der Waals surface area contributed by atoms with E-state index in [1.807, 2.05) is 24.3 Å². The van der Waals surface area contributed by atoms with Crippen molar-refractivity contribution in [1.82, 2.24) is 5.32 Å². The van der Waals surface area contributed by atoms with Crippen LogP contribution in [0.3, 0.4) is 0 Å². The van der Waals surface area contributed by atoms with Gasteiger partial charge in [0.2, 0.25) is 0 Å². The number of methoxy groups -OCH3 is 1. The van der Waals surface area contributed by atoms with E-state index in [0.717, 1.165) is 11.3 Å². The van der Waals surface area contributed by atoms with Crippen LogP contribution < -0.4 is 10.1 Å². The molecule has 0 heterocycles. The van der Waals surface area contributed by atoms with Crippen LogP contribution in [-0.4, -0.2) is 26.2 Å². The van der Waals surface area contributed by atoms with E-state index < -0.39 is 0 Å². The van der Waals surface area contributed by atoms with E-state index in [4.69, 9.17) is 9.47 Å². The van der Waals surface area contributed by atoms with Gasteiger partial charge in [0.15, 0.2) is 0 Å². The number of hydrogen-bond acceptors (Lipinski definition) is 4. The highest BCUT2D eigenvalue weighted by molar-refractivity contribution is 5.69. The fourth-order valence-corrected chi connectivity index (χ4v) is 1.50. The molecule has 17 heavy (non-hydrogen) atoms. The molecule has 4 nitrogen and oxygen atoms in total. The number of hydrogen-bond donors (Lipinski definition) is 1. The average molecular weight is 237 g/mol. The largest absolute Gasteiger partial charge is 0.496 e. The summed E-state index contributed by atoms with van der Waals surface area (Å²) in [6.07, 6.45) is 0.392. The first kappa shape index (κ1) is 13.5. The van der Waals surface area contributed by atoms with Gasteiger partial charge in [-0.1, -0.05) is 18.2 Å². The van der Waals surface area contributed by atoms with E-state index in [-0.39, 0.29) is 5.97 Å². The van der Waals surface area contributed by atoms with Crippen LogP contribution in [0.25, 0.3) is 0 Å². The van der Waals surface area contributed by atoms with Crippen molar-refractivity contribution < 1.29 is 14.3 Å². The zero-order valence-corrected chi connectivity index (χ0v) is 10.4. The van der Waals surface area contributed by atoms with E-state index >= 15 is 0 Å². The van der Waals surface area contributed by atoms with Crippen molar-refractivity contribution in [2.45, 2.75) is 19.9 Å². The van der Waals surface area contributed by atoms with Gasteiger partial charge < -0.3 is 14.8 Å². The fourth-order valence-electron chi connectivity index (χ4n) is 1.50. The topological polar surface area (TPSA) is 47.6 Å². The second-order valence-electron chi connectivity index (χ2n) is 3.54. The lowest BCUT2D eigenvalue weighted by Gasteiger charge is -2.09. The highest BCUT2D eigenvalue weighted by atomic mass is 16.5. The molecule has 0 radical (unpaired) electrons. The molecule has 0 atom stereocenters. The van der Waals surface area contributed by atoms with Crippen LogP contribution in [0.4, 0.5) is 0 Å². The Morgan fingerprint density at radius 1 is 1.35 bits per heavy atom. The highest BCUT2D eigenvalue weighted by Gasteiger charge is 2.03. The molecule has 1 aromatic rings. The summed E-state index contributed by atoms with van der Waals surface area (Å²) in [5, 5.41) is 3.18. The van der Waals surface area contributed by atoms with Gasteiger partial charge in [0, 0.05) is 18.7 Å². The SMILES string of the molecule is CCOC(=O)CCNCc1ccccc1OC. The summed E-state index contributed by atoms with van der Waals surface area (Å²) in [4.78, 5) is 11.1. The average Bonchev–Trinajstić information content (AvgIpc) is 2.35. The summed E-state index contributed by atoms with van der Waals surface area (Å²) in [6.45, 7) is 3.53. The van der Waals surface area contributed by atoms with Gasteiger partial charge in [0.1, 0.15) is 5.75 Å². The van der Waals surface area contributed by atoms with E-state index in [0.29, 0.717) is 26.1 Å². The number of rotatable bonds is 7. The number of nitrogens with one attached hydrogen (secondary N) is 1. The molecule has 0 amide bonds. The molecule has 0 spiro atoms. The van der Waals surface area contributed by atoms with Crippen LogP contribution in [0, 0.1) is 0 Å². The normalized spacial score (nSPS) is 10.0. The van der Waals surface area contributed by atoms with Gasteiger partial charge in [0.05, 0.1) is 20.1 Å². The van der Waals surface area contributed by atoms with Crippen molar-refractivity contribution in [3.63, 3.8) is 0 Å². The molecule has 0 fully saturated rings. The third-order valence-electron chi connectivity index (χ3n) is 2.32. The van der Waals surface area contributed by atoms with Crippen LogP contribution in [0.1, 0.15) is 18.9 Å². The van der Waals surface area contributed by atoms with Gasteiger partial charge in [-0.3, -0.25) is 4.79 Å². The molecule has 1 aromatic carbocycles. The molecule has 1 rings (SSSR count). The fraction of sp³-hybridized carbons (Fsp3) is 0.462. The number of ether oxygens (including phenoxy) is 2. The summed E-state index contributed by atoms with van der Waals surface area (Å²) < 4.78 is 10.1. The number of benzene rings is 1. The van der Waals surface area contributed by atoms with Crippen molar-refractivity contribution in [2.24, 2.45) is 0 Å². The lowest BCUT2D eigenvalue weighted by atomic mass is 10.2. The van der Waals surface area contributed by atoms with E-state index in [9.17, 15) is 4.79 Å². The number of esters is 1. The Bertz CT molecular complexity index is 352. The standard InChI is InChI=1S/C13H19NO3/c1-3-17-13(15)8-9-14-10-11-6-4-5-7-12(11)16-2/h4-7,14H,3,8-10H2,1-2H3. The molecule has 0 saturated heterocycles. The minimum atomic E-state index is -0.167. The van der Waals surface area contributed by atoms with Gasteiger partial charge in [-0.2, -0.15) is 0 Å². The summed E-state index contributed by atoms with van der Waals surface area (Å²) in [5.41, 5.74) is 1.08. The maximum atomic E-state index is 11.1. The number of para-hydroxylation sites is 1. The Kier molecular flexibility index (Phi) is 6.10. The molecular weight excluding hydrogens is 218 g/mol. The highest BCUT2D eigenvalue weighted by Crippen LogP contribution is 2.16. The van der Waals surface area contributed by atoms with Crippen molar-refractivity contribution in [3.05, 3.63) is 29.8 Å². The van der Waals surface area contributed by atoms with E-state index in [1.54, 1.807) is 14.0 Å². The van der Waals surface area contributed by atoms with Crippen molar-refractivity contribution in [1.29, 1.82) is 0 Å². The van der Waals surface area contributed by atoms with Gasteiger partial charge in [-0.05, 0) is 13.0 Å². The first-order valence-electron chi connectivity index (χ1n) is 5.76. The summed E-state index contributed by atoms with van der Waals surface area (Å²) in [7, 11) is 1.65.